The van der Waals surface area contributed by atoms with Gasteiger partial charge in [0.2, 0.25) is 0 Å². The van der Waals surface area contributed by atoms with Gasteiger partial charge in [0, 0.05) is 36.1 Å². The van der Waals surface area contributed by atoms with E-state index in [1.165, 1.54) is 11.5 Å². The largest absolute Gasteiger partial charge is 0.457 e. The van der Waals surface area contributed by atoms with E-state index in [-0.39, 0.29) is 17.9 Å². The summed E-state index contributed by atoms with van der Waals surface area (Å²) in [7, 11) is 0. The zero-order chi connectivity index (χ0) is 23.7. The summed E-state index contributed by atoms with van der Waals surface area (Å²) < 4.78 is 13.6. The smallest absolute Gasteiger partial charge is 0.328 e. The van der Waals surface area contributed by atoms with Crippen LogP contribution in [0.5, 0.6) is 11.5 Å². The van der Waals surface area contributed by atoms with Crippen LogP contribution in [0, 0.1) is 11.8 Å². The lowest BCUT2D eigenvalue weighted by atomic mass is 10.0. The summed E-state index contributed by atoms with van der Waals surface area (Å²) in [6, 6.07) is 16.9. The normalized spacial score (nSPS) is 21.5. The summed E-state index contributed by atoms with van der Waals surface area (Å²) in [6.07, 6.45) is 5.45. The molecule has 1 aromatic heterocycles. The van der Waals surface area contributed by atoms with E-state index in [0.717, 1.165) is 43.0 Å². The number of benzene rings is 2. The number of ketones is 1. The summed E-state index contributed by atoms with van der Waals surface area (Å²) in [4.78, 5) is 26.2. The minimum absolute atomic E-state index is 0.0337. The average Bonchev–Trinajstić information content (AvgIpc) is 3.55. The highest BCUT2D eigenvalue weighted by molar-refractivity contribution is 6.30. The van der Waals surface area contributed by atoms with E-state index in [1.807, 2.05) is 41.3 Å². The van der Waals surface area contributed by atoms with Crippen LogP contribution < -0.4 is 4.74 Å². The van der Waals surface area contributed by atoms with Crippen LogP contribution in [0.2, 0.25) is 5.02 Å². The molecule has 1 saturated heterocycles. The maximum absolute atomic E-state index is 12.8. The first-order chi connectivity index (χ1) is 16.4. The van der Waals surface area contributed by atoms with E-state index in [9.17, 15) is 9.59 Å². The molecule has 176 valence electrons. The van der Waals surface area contributed by atoms with Crippen molar-refractivity contribution in [3.8, 4) is 11.5 Å². The van der Waals surface area contributed by atoms with Crippen LogP contribution in [0.3, 0.4) is 0 Å². The molecule has 2 aliphatic rings. The molecular formula is C27H27ClN2O4. The van der Waals surface area contributed by atoms with Gasteiger partial charge >= 0.3 is 6.03 Å². The van der Waals surface area contributed by atoms with Crippen LogP contribution in [0.25, 0.3) is 0 Å². The highest BCUT2D eigenvalue weighted by atomic mass is 35.5. The number of aromatic nitrogens is 1. The maximum Gasteiger partial charge on any atom is 0.328 e. The third-order valence-corrected chi connectivity index (χ3v) is 7.01. The van der Waals surface area contributed by atoms with Gasteiger partial charge in [-0.3, -0.25) is 9.36 Å². The Morgan fingerprint density at radius 3 is 2.15 bits per heavy atom. The van der Waals surface area contributed by atoms with Crippen molar-refractivity contribution in [3.05, 3.63) is 83.1 Å². The Labute approximate surface area is 204 Å². The molecule has 6 nitrogen and oxygen atoms in total. The van der Waals surface area contributed by atoms with Crippen molar-refractivity contribution >= 4 is 23.4 Å². The van der Waals surface area contributed by atoms with Crippen LogP contribution in [-0.2, 0) is 11.3 Å². The van der Waals surface area contributed by atoms with Crippen molar-refractivity contribution in [1.29, 1.82) is 0 Å². The molecule has 1 aliphatic heterocycles. The molecule has 0 spiro atoms. The molecule has 5 rings (SSSR count). The van der Waals surface area contributed by atoms with Gasteiger partial charge in [-0.1, -0.05) is 23.7 Å². The molecule has 1 amide bonds. The number of hydrogen-bond donors (Lipinski definition) is 0. The molecule has 3 aromatic rings. The van der Waals surface area contributed by atoms with Gasteiger partial charge in [0.05, 0.1) is 12.7 Å². The van der Waals surface area contributed by atoms with E-state index >= 15 is 0 Å². The Morgan fingerprint density at radius 2 is 1.56 bits per heavy atom. The highest BCUT2D eigenvalue weighted by Crippen LogP contribution is 2.40. The van der Waals surface area contributed by atoms with Gasteiger partial charge in [0.15, 0.2) is 5.78 Å². The Bertz CT molecular complexity index is 1160. The number of carbonyl (C=O) groups excluding carboxylic acids is 2. The summed E-state index contributed by atoms with van der Waals surface area (Å²) >= 11 is 5.91. The van der Waals surface area contributed by atoms with E-state index < -0.39 is 0 Å². The third kappa shape index (κ3) is 5.03. The molecule has 7 heteroatoms. The lowest BCUT2D eigenvalue weighted by molar-refractivity contribution is 0.0383. The van der Waals surface area contributed by atoms with E-state index in [1.54, 1.807) is 30.6 Å². The molecule has 1 unspecified atom stereocenters. The predicted molar refractivity (Wildman–Crippen MR) is 130 cm³/mol. The molecule has 2 heterocycles. The molecule has 2 fully saturated rings. The van der Waals surface area contributed by atoms with Crippen LogP contribution in [0.4, 0.5) is 4.79 Å². The number of ether oxygens (including phenoxy) is 2. The van der Waals surface area contributed by atoms with E-state index in [4.69, 9.17) is 21.1 Å². The Balaban J connectivity index is 1.08. The average molecular weight is 479 g/mol. The number of amides is 1. The minimum atomic E-state index is -0.0553. The monoisotopic (exact) mass is 478 g/mol. The number of halogens is 1. The van der Waals surface area contributed by atoms with Gasteiger partial charge in [-0.15, -0.1) is 0 Å². The predicted octanol–water partition coefficient (Wildman–Crippen LogP) is 6.03. The zero-order valence-corrected chi connectivity index (χ0v) is 19.8. The van der Waals surface area contributed by atoms with Crippen molar-refractivity contribution in [2.45, 2.75) is 32.5 Å². The minimum Gasteiger partial charge on any atom is -0.457 e. The molecular weight excluding hydrogens is 452 g/mol. The topological polar surface area (TPSA) is 60.8 Å². The molecule has 1 aliphatic carbocycles. The molecule has 0 bridgehead atoms. The number of carbonyl (C=O) groups is 2. The zero-order valence-electron chi connectivity index (χ0n) is 19.0. The van der Waals surface area contributed by atoms with Gasteiger partial charge in [-0.25, -0.2) is 4.79 Å². The van der Waals surface area contributed by atoms with Crippen LogP contribution >= 0.6 is 11.6 Å². The maximum atomic E-state index is 12.8. The molecule has 34 heavy (non-hydrogen) atoms. The summed E-state index contributed by atoms with van der Waals surface area (Å²) in [6.45, 7) is 3.56. The molecule has 1 saturated carbocycles. The van der Waals surface area contributed by atoms with Gasteiger partial charge in [0.1, 0.15) is 11.5 Å². The second-order valence-corrected chi connectivity index (χ2v) is 9.61. The lowest BCUT2D eigenvalue weighted by Crippen LogP contribution is -2.33. The van der Waals surface area contributed by atoms with Gasteiger partial charge in [-0.2, -0.15) is 0 Å². The second-order valence-electron chi connectivity index (χ2n) is 9.18. The summed E-state index contributed by atoms with van der Waals surface area (Å²) in [5.41, 5.74) is 1.66. The molecule has 3 atom stereocenters. The molecule has 0 N–H and O–H groups in total. The second kappa shape index (κ2) is 9.65. The van der Waals surface area contributed by atoms with Crippen molar-refractivity contribution < 1.29 is 19.1 Å². The Hall–Kier alpha value is -3.09. The fourth-order valence-corrected chi connectivity index (χ4v) is 5.06. The van der Waals surface area contributed by atoms with Crippen LogP contribution in [0.1, 0.15) is 35.7 Å². The standard InChI is InChI=1S/C27H27ClN2O4/c1-18(31)20-10-11-29(14-20)27(32)30-15-21-12-26(13-22(21)16-30)33-17-19-2-6-24(7-3-19)34-25-8-4-23(28)5-9-25/h2-11,14,21-22,26H,12-13,15-17H2,1H3/t21-,22+,26?. The van der Waals surface area contributed by atoms with E-state index in [2.05, 4.69) is 0 Å². The third-order valence-electron chi connectivity index (χ3n) is 6.76. The fourth-order valence-electron chi connectivity index (χ4n) is 4.93. The number of rotatable bonds is 6. The van der Waals surface area contributed by atoms with Crippen LogP contribution in [-0.4, -0.2) is 40.5 Å². The molecule has 2 aromatic carbocycles. The first-order valence-corrected chi connectivity index (χ1v) is 11.9. The quantitative estimate of drug-likeness (QED) is 0.406. The van der Waals surface area contributed by atoms with Gasteiger partial charge in [-0.05, 0) is 79.6 Å². The first-order valence-electron chi connectivity index (χ1n) is 11.6. The molecule has 0 radical (unpaired) electrons. The van der Waals surface area contributed by atoms with Gasteiger partial charge < -0.3 is 14.4 Å². The number of likely N-dealkylation sites (tertiary alicyclic amines) is 1. The number of fused-ring (bicyclic) bond motifs is 1. The summed E-state index contributed by atoms with van der Waals surface area (Å²) in [5.74, 6) is 2.41. The van der Waals surface area contributed by atoms with Crippen molar-refractivity contribution in [2.24, 2.45) is 11.8 Å². The van der Waals surface area contributed by atoms with E-state index in [0.29, 0.717) is 29.0 Å². The van der Waals surface area contributed by atoms with Crippen molar-refractivity contribution in [3.63, 3.8) is 0 Å². The highest BCUT2D eigenvalue weighted by Gasteiger charge is 2.43. The lowest BCUT2D eigenvalue weighted by Gasteiger charge is -2.20. The van der Waals surface area contributed by atoms with Crippen LogP contribution in [0.15, 0.2) is 67.0 Å². The summed E-state index contributed by atoms with van der Waals surface area (Å²) in [5, 5.41) is 0.680. The number of Topliss-reactive ketones (excluding diaryl/α,β-unsaturated/α-hetero) is 1. The number of hydrogen-bond acceptors (Lipinski definition) is 4. The Kier molecular flexibility index (Phi) is 6.44. The van der Waals surface area contributed by atoms with Crippen molar-refractivity contribution in [1.82, 2.24) is 9.47 Å². The number of nitrogens with zero attached hydrogens (tertiary/aromatic N) is 2. The fraction of sp³-hybridized carbons (Fsp3) is 0.333. The van der Waals surface area contributed by atoms with Crippen molar-refractivity contribution in [2.75, 3.05) is 13.1 Å². The SMILES string of the molecule is CC(=O)c1ccn(C(=O)N2C[C@H]3CC(OCc4ccc(Oc5ccc(Cl)cc5)cc4)C[C@H]3C2)c1. The first kappa shape index (κ1) is 22.7. The Morgan fingerprint density at radius 1 is 0.941 bits per heavy atom. The van der Waals surface area contributed by atoms with Gasteiger partial charge in [0.25, 0.3) is 0 Å².